The molecule has 1 amide bonds. The van der Waals surface area contributed by atoms with Crippen LogP contribution in [0.2, 0.25) is 0 Å². The number of aliphatic hydroxyl groups is 1. The first-order valence-electron chi connectivity index (χ1n) is 11.6. The second-order valence-corrected chi connectivity index (χ2v) is 8.36. The average molecular weight is 432 g/mol. The van der Waals surface area contributed by atoms with Gasteiger partial charge >= 0.3 is 12.1 Å². The lowest BCUT2D eigenvalue weighted by atomic mass is 9.97. The van der Waals surface area contributed by atoms with Crippen molar-refractivity contribution in [3.63, 3.8) is 0 Å². The van der Waals surface area contributed by atoms with Crippen LogP contribution in [-0.4, -0.2) is 29.1 Å². The predicted molar refractivity (Wildman–Crippen MR) is 122 cm³/mol. The van der Waals surface area contributed by atoms with E-state index in [4.69, 9.17) is 9.47 Å². The van der Waals surface area contributed by atoms with Crippen LogP contribution in [0.1, 0.15) is 84.5 Å². The lowest BCUT2D eigenvalue weighted by Gasteiger charge is -2.26. The summed E-state index contributed by atoms with van der Waals surface area (Å²) in [5.41, 5.74) is 0.904. The summed E-state index contributed by atoms with van der Waals surface area (Å²) in [6.45, 7) is 3.62. The Labute approximate surface area is 186 Å². The van der Waals surface area contributed by atoms with Crippen LogP contribution in [-0.2, 0) is 14.3 Å². The van der Waals surface area contributed by atoms with Gasteiger partial charge < -0.3 is 14.6 Å². The van der Waals surface area contributed by atoms with E-state index in [1.54, 1.807) is 12.1 Å². The molecule has 6 heteroatoms. The van der Waals surface area contributed by atoms with Gasteiger partial charge in [0.1, 0.15) is 6.10 Å². The van der Waals surface area contributed by atoms with Crippen molar-refractivity contribution in [3.05, 3.63) is 42.0 Å². The summed E-state index contributed by atoms with van der Waals surface area (Å²) in [6, 6.07) is 9.00. The smallest absolute Gasteiger partial charge is 0.412 e. The molecule has 0 saturated carbocycles. The van der Waals surface area contributed by atoms with Crippen LogP contribution < -0.4 is 5.32 Å². The molecule has 31 heavy (non-hydrogen) atoms. The van der Waals surface area contributed by atoms with E-state index in [1.807, 2.05) is 18.2 Å². The number of rotatable bonds is 14. The summed E-state index contributed by atoms with van der Waals surface area (Å²) >= 11 is 0. The quantitative estimate of drug-likeness (QED) is 0.274. The van der Waals surface area contributed by atoms with Crippen LogP contribution in [0.5, 0.6) is 0 Å². The monoisotopic (exact) mass is 431 g/mol. The molecule has 0 fully saturated rings. The summed E-state index contributed by atoms with van der Waals surface area (Å²) in [6.07, 6.45) is 12.4. The maximum atomic E-state index is 12.4. The van der Waals surface area contributed by atoms with E-state index >= 15 is 0 Å². The van der Waals surface area contributed by atoms with Gasteiger partial charge in [0.2, 0.25) is 5.79 Å². The molecule has 2 unspecified atom stereocenters. The van der Waals surface area contributed by atoms with E-state index in [9.17, 15) is 14.7 Å². The van der Waals surface area contributed by atoms with Gasteiger partial charge in [0.15, 0.2) is 0 Å². The summed E-state index contributed by atoms with van der Waals surface area (Å²) in [4.78, 5) is 24.1. The molecule has 6 nitrogen and oxygen atoms in total. The number of benzene rings is 1. The zero-order valence-electron chi connectivity index (χ0n) is 18.9. The molecule has 2 rings (SSSR count). The Hall–Kier alpha value is -2.34. The Kier molecular flexibility index (Phi) is 10.6. The molecule has 1 aromatic carbocycles. The number of unbranched alkanes of at least 4 members (excludes halogenated alkanes) is 9. The number of amides is 1. The third kappa shape index (κ3) is 9.13. The fraction of sp³-hybridized carbons (Fsp3) is 0.600. The number of cyclic esters (lactones) is 1. The van der Waals surface area contributed by atoms with Gasteiger partial charge in [0.05, 0.1) is 0 Å². The molecule has 172 valence electrons. The van der Waals surface area contributed by atoms with Gasteiger partial charge in [-0.25, -0.2) is 9.59 Å². The molecule has 0 bridgehead atoms. The number of hydrogen-bond acceptors (Lipinski definition) is 5. The maximum absolute atomic E-state index is 12.4. The number of ether oxygens (including phenoxy) is 2. The Morgan fingerprint density at radius 3 is 2.16 bits per heavy atom. The highest BCUT2D eigenvalue weighted by Gasteiger charge is 2.42. The van der Waals surface area contributed by atoms with E-state index in [1.165, 1.54) is 57.9 Å². The van der Waals surface area contributed by atoms with Crippen molar-refractivity contribution in [2.45, 2.75) is 96.4 Å². The number of esters is 1. The first kappa shape index (κ1) is 24.9. The van der Waals surface area contributed by atoms with Crippen LogP contribution in [0.15, 0.2) is 42.0 Å². The van der Waals surface area contributed by atoms with Gasteiger partial charge in [-0.1, -0.05) is 82.9 Å². The van der Waals surface area contributed by atoms with Crippen LogP contribution in [0.25, 0.3) is 0 Å². The third-order valence-corrected chi connectivity index (χ3v) is 5.54. The largest absolute Gasteiger partial charge is 0.441 e. The van der Waals surface area contributed by atoms with Crippen LogP contribution in [0.3, 0.4) is 0 Å². The van der Waals surface area contributed by atoms with Crippen molar-refractivity contribution in [1.29, 1.82) is 0 Å². The van der Waals surface area contributed by atoms with Crippen molar-refractivity contribution in [3.8, 4) is 0 Å². The number of carbonyl (C=O) groups is 2. The van der Waals surface area contributed by atoms with E-state index in [0.29, 0.717) is 12.1 Å². The minimum Gasteiger partial charge on any atom is -0.441 e. The highest BCUT2D eigenvalue weighted by Crippen LogP contribution is 2.32. The van der Waals surface area contributed by atoms with Gasteiger partial charge in [-0.15, -0.1) is 0 Å². The lowest BCUT2D eigenvalue weighted by Crippen LogP contribution is -2.36. The van der Waals surface area contributed by atoms with E-state index < -0.39 is 24.0 Å². The van der Waals surface area contributed by atoms with Crippen LogP contribution >= 0.6 is 0 Å². The fourth-order valence-electron chi connectivity index (χ4n) is 3.83. The van der Waals surface area contributed by atoms with Gasteiger partial charge in [-0.2, -0.15) is 0 Å². The summed E-state index contributed by atoms with van der Waals surface area (Å²) < 4.78 is 10.5. The first-order chi connectivity index (χ1) is 14.9. The molecule has 0 radical (unpaired) electrons. The molecule has 0 saturated heterocycles. The van der Waals surface area contributed by atoms with Gasteiger partial charge in [-0.05, 0) is 25.0 Å². The number of para-hydroxylation sites is 1. The minimum absolute atomic E-state index is 0.289. The Morgan fingerprint density at radius 2 is 1.61 bits per heavy atom. The van der Waals surface area contributed by atoms with Crippen LogP contribution in [0.4, 0.5) is 10.5 Å². The Balaban J connectivity index is 1.81. The highest BCUT2D eigenvalue weighted by atomic mass is 16.7. The molecule has 2 N–H and O–H groups in total. The highest BCUT2D eigenvalue weighted by molar-refractivity contribution is 5.87. The number of anilines is 1. The van der Waals surface area contributed by atoms with E-state index in [2.05, 4.69) is 12.2 Å². The Morgan fingerprint density at radius 1 is 1.03 bits per heavy atom. The molecule has 1 aliphatic rings. The SMILES string of the molecule is CCCCCCCCCCCCC(OC(=O)Nc1ccccc1)C1=CC(=O)OC1(C)O. The van der Waals surface area contributed by atoms with Crippen molar-refractivity contribution in [2.75, 3.05) is 5.32 Å². The second-order valence-electron chi connectivity index (χ2n) is 8.36. The molecule has 2 atom stereocenters. The molecule has 0 aromatic heterocycles. The van der Waals surface area contributed by atoms with Crippen molar-refractivity contribution < 1.29 is 24.2 Å². The number of hydrogen-bond donors (Lipinski definition) is 2. The molecule has 0 spiro atoms. The van der Waals surface area contributed by atoms with Gasteiger partial charge in [0.25, 0.3) is 0 Å². The molecular formula is C25H37NO5. The summed E-state index contributed by atoms with van der Waals surface area (Å²) in [5, 5.41) is 13.1. The maximum Gasteiger partial charge on any atom is 0.412 e. The third-order valence-electron chi connectivity index (χ3n) is 5.54. The zero-order valence-corrected chi connectivity index (χ0v) is 18.9. The molecular weight excluding hydrogens is 394 g/mol. The minimum atomic E-state index is -1.76. The van der Waals surface area contributed by atoms with E-state index in [0.717, 1.165) is 19.3 Å². The van der Waals surface area contributed by atoms with Crippen molar-refractivity contribution in [1.82, 2.24) is 0 Å². The van der Waals surface area contributed by atoms with Gasteiger partial charge in [0, 0.05) is 24.3 Å². The molecule has 1 aliphatic heterocycles. The molecule has 1 aromatic rings. The lowest BCUT2D eigenvalue weighted by molar-refractivity contribution is -0.177. The van der Waals surface area contributed by atoms with E-state index in [-0.39, 0.29) is 5.57 Å². The van der Waals surface area contributed by atoms with Crippen molar-refractivity contribution >= 4 is 17.7 Å². The topological polar surface area (TPSA) is 84.9 Å². The van der Waals surface area contributed by atoms with Crippen molar-refractivity contribution in [2.24, 2.45) is 0 Å². The fourth-order valence-corrected chi connectivity index (χ4v) is 3.83. The molecule has 1 heterocycles. The van der Waals surface area contributed by atoms with Gasteiger partial charge in [-0.3, -0.25) is 5.32 Å². The Bertz CT molecular complexity index is 714. The van der Waals surface area contributed by atoms with Crippen LogP contribution in [0, 0.1) is 0 Å². The number of carbonyl (C=O) groups excluding carboxylic acids is 2. The zero-order chi connectivity index (χ0) is 22.5. The number of nitrogens with one attached hydrogen (secondary N) is 1. The summed E-state index contributed by atoms with van der Waals surface area (Å²) in [5.74, 6) is -2.38. The predicted octanol–water partition coefficient (Wildman–Crippen LogP) is 6.11. The normalized spacial score (nSPS) is 18.9. The first-order valence-corrected chi connectivity index (χ1v) is 11.6. The molecule has 0 aliphatic carbocycles. The second kappa shape index (κ2) is 13.2. The average Bonchev–Trinajstić information content (AvgIpc) is 3.01. The standard InChI is InChI=1S/C25H37NO5/c1-3-4-5-6-7-8-9-10-11-15-18-22(21-19-23(27)31-25(21,2)29)30-24(28)26-20-16-13-12-14-17-20/h12-14,16-17,19,22,29H,3-11,15,18H2,1-2H3,(H,26,28). The summed E-state index contributed by atoms with van der Waals surface area (Å²) in [7, 11) is 0.